The van der Waals surface area contributed by atoms with Crippen LogP contribution in [0, 0.1) is 11.3 Å². The molecule has 1 saturated heterocycles. The maximum Gasteiger partial charge on any atom is 0.108 e. The summed E-state index contributed by atoms with van der Waals surface area (Å²) in [6.07, 6.45) is 2.65. The number of rotatable bonds is 5. The smallest absolute Gasteiger partial charge is 0.108 e. The highest BCUT2D eigenvalue weighted by Gasteiger charge is 2.22. The van der Waals surface area contributed by atoms with Gasteiger partial charge in [0.25, 0.3) is 0 Å². The van der Waals surface area contributed by atoms with E-state index < -0.39 is 0 Å². The second-order valence-corrected chi connectivity index (χ2v) is 4.76. The van der Waals surface area contributed by atoms with Crippen molar-refractivity contribution in [1.82, 2.24) is 10.2 Å². The van der Waals surface area contributed by atoms with E-state index in [0.29, 0.717) is 12.1 Å². The van der Waals surface area contributed by atoms with Gasteiger partial charge >= 0.3 is 0 Å². The van der Waals surface area contributed by atoms with Crippen LogP contribution in [0.3, 0.4) is 0 Å². The Bertz CT molecular complexity index is 237. The Labute approximate surface area is 98.6 Å². The average Bonchev–Trinajstić information content (AvgIpc) is 2.28. The topological polar surface area (TPSA) is 48.3 Å². The zero-order chi connectivity index (χ0) is 12.0. The Hall–Kier alpha value is -0.630. The fourth-order valence-electron chi connectivity index (χ4n) is 2.16. The molecule has 0 bridgehead atoms. The van der Waals surface area contributed by atoms with Gasteiger partial charge in [0.2, 0.25) is 0 Å². The van der Waals surface area contributed by atoms with E-state index in [0.717, 1.165) is 26.1 Å². The number of hydrogen-bond donors (Lipinski definition) is 1. The molecule has 16 heavy (non-hydrogen) atoms. The third-order valence-corrected chi connectivity index (χ3v) is 2.93. The maximum absolute atomic E-state index is 9.06. The van der Waals surface area contributed by atoms with Gasteiger partial charge in [0.1, 0.15) is 6.04 Å². The van der Waals surface area contributed by atoms with Crippen LogP contribution in [0.2, 0.25) is 0 Å². The van der Waals surface area contributed by atoms with Gasteiger partial charge in [-0.05, 0) is 33.2 Å². The number of nitrogens with zero attached hydrogens (tertiary/aromatic N) is 2. The first-order valence-electron chi connectivity index (χ1n) is 6.06. The van der Waals surface area contributed by atoms with Crippen molar-refractivity contribution in [3.63, 3.8) is 0 Å². The largest absolute Gasteiger partial charge is 0.380 e. The molecule has 0 aromatic heterocycles. The van der Waals surface area contributed by atoms with Crippen LogP contribution < -0.4 is 5.32 Å². The van der Waals surface area contributed by atoms with Crippen LogP contribution in [0.15, 0.2) is 0 Å². The molecule has 0 aromatic carbocycles. The van der Waals surface area contributed by atoms with E-state index in [4.69, 9.17) is 10.00 Å². The Morgan fingerprint density at radius 3 is 2.88 bits per heavy atom. The van der Waals surface area contributed by atoms with E-state index in [1.54, 1.807) is 7.11 Å². The lowest BCUT2D eigenvalue weighted by Crippen LogP contribution is -2.47. The van der Waals surface area contributed by atoms with Crippen LogP contribution in [0.1, 0.15) is 26.7 Å². The van der Waals surface area contributed by atoms with Crippen molar-refractivity contribution in [2.75, 3.05) is 26.7 Å². The average molecular weight is 225 g/mol. The van der Waals surface area contributed by atoms with Gasteiger partial charge < -0.3 is 4.74 Å². The Balaban J connectivity index is 2.36. The Morgan fingerprint density at radius 1 is 1.56 bits per heavy atom. The highest BCUT2D eigenvalue weighted by Crippen LogP contribution is 2.12. The lowest BCUT2D eigenvalue weighted by atomic mass is 10.1. The van der Waals surface area contributed by atoms with E-state index in [9.17, 15) is 0 Å². The molecule has 0 radical (unpaired) electrons. The molecule has 2 unspecified atom stereocenters. The quantitative estimate of drug-likeness (QED) is 0.758. The molecule has 1 fully saturated rings. The van der Waals surface area contributed by atoms with Crippen molar-refractivity contribution in [2.24, 2.45) is 0 Å². The zero-order valence-electron chi connectivity index (χ0n) is 10.6. The SMILES string of the molecule is COC1CCCN(CC(C#N)NC(C)C)C1. The van der Waals surface area contributed by atoms with E-state index in [2.05, 4.69) is 30.1 Å². The van der Waals surface area contributed by atoms with Crippen LogP contribution in [-0.2, 0) is 4.74 Å². The van der Waals surface area contributed by atoms with E-state index >= 15 is 0 Å². The summed E-state index contributed by atoms with van der Waals surface area (Å²) in [5.74, 6) is 0. The summed E-state index contributed by atoms with van der Waals surface area (Å²) in [7, 11) is 1.77. The fraction of sp³-hybridized carbons (Fsp3) is 0.917. The first-order chi connectivity index (χ1) is 7.65. The van der Waals surface area contributed by atoms with Gasteiger partial charge in [0, 0.05) is 26.2 Å². The van der Waals surface area contributed by atoms with E-state index in [1.807, 2.05) is 0 Å². The van der Waals surface area contributed by atoms with Crippen LogP contribution in [0.25, 0.3) is 0 Å². The van der Waals surface area contributed by atoms with Gasteiger partial charge in [-0.3, -0.25) is 10.2 Å². The lowest BCUT2D eigenvalue weighted by molar-refractivity contribution is 0.0297. The summed E-state index contributed by atoms with van der Waals surface area (Å²) in [4.78, 5) is 2.32. The third kappa shape index (κ3) is 4.48. The number of hydrogen-bond acceptors (Lipinski definition) is 4. The van der Waals surface area contributed by atoms with Crippen molar-refractivity contribution < 1.29 is 4.74 Å². The normalized spacial score (nSPS) is 24.3. The molecule has 1 heterocycles. The second-order valence-electron chi connectivity index (χ2n) is 4.76. The summed E-state index contributed by atoms with van der Waals surface area (Å²) >= 11 is 0. The second kappa shape index (κ2) is 6.85. The highest BCUT2D eigenvalue weighted by molar-refractivity contribution is 4.93. The molecule has 1 rings (SSSR count). The molecule has 2 atom stereocenters. The van der Waals surface area contributed by atoms with Gasteiger partial charge in [0.05, 0.1) is 12.2 Å². The molecule has 0 amide bonds. The number of methoxy groups -OCH3 is 1. The summed E-state index contributed by atoms with van der Waals surface area (Å²) < 4.78 is 5.37. The number of nitriles is 1. The van der Waals surface area contributed by atoms with Crippen LogP contribution in [0.5, 0.6) is 0 Å². The van der Waals surface area contributed by atoms with Crippen molar-refractivity contribution in [1.29, 1.82) is 5.26 Å². The van der Waals surface area contributed by atoms with E-state index in [-0.39, 0.29) is 6.04 Å². The van der Waals surface area contributed by atoms with Crippen LogP contribution >= 0.6 is 0 Å². The molecule has 92 valence electrons. The molecule has 0 aromatic rings. The molecular formula is C12H23N3O. The molecule has 0 saturated carbocycles. The third-order valence-electron chi connectivity index (χ3n) is 2.93. The Kier molecular flexibility index (Phi) is 5.75. The van der Waals surface area contributed by atoms with Crippen molar-refractivity contribution in [3.8, 4) is 6.07 Å². The monoisotopic (exact) mass is 225 g/mol. The molecule has 1 N–H and O–H groups in total. The van der Waals surface area contributed by atoms with Gasteiger partial charge in [-0.2, -0.15) is 5.26 Å². The summed E-state index contributed by atoms with van der Waals surface area (Å²) in [5.41, 5.74) is 0. The van der Waals surface area contributed by atoms with Crippen molar-refractivity contribution in [3.05, 3.63) is 0 Å². The molecule has 1 aliphatic rings. The minimum Gasteiger partial charge on any atom is -0.380 e. The summed E-state index contributed by atoms with van der Waals surface area (Å²) in [6, 6.07) is 2.60. The zero-order valence-corrected chi connectivity index (χ0v) is 10.6. The van der Waals surface area contributed by atoms with Gasteiger partial charge in [0.15, 0.2) is 0 Å². The predicted molar refractivity (Wildman–Crippen MR) is 64.1 cm³/mol. The Morgan fingerprint density at radius 2 is 2.31 bits per heavy atom. The lowest BCUT2D eigenvalue weighted by Gasteiger charge is -2.33. The molecule has 4 heteroatoms. The molecule has 1 aliphatic heterocycles. The number of likely N-dealkylation sites (tertiary alicyclic amines) is 1. The molecular weight excluding hydrogens is 202 g/mol. The number of piperidine rings is 1. The predicted octanol–water partition coefficient (Wildman–Crippen LogP) is 0.987. The van der Waals surface area contributed by atoms with Gasteiger partial charge in [-0.1, -0.05) is 0 Å². The maximum atomic E-state index is 9.06. The number of ether oxygens (including phenoxy) is 1. The summed E-state index contributed by atoms with van der Waals surface area (Å²) in [5, 5.41) is 12.3. The molecule has 4 nitrogen and oxygen atoms in total. The first kappa shape index (κ1) is 13.4. The fourth-order valence-corrected chi connectivity index (χ4v) is 2.16. The standard InChI is InChI=1S/C12H23N3O/c1-10(2)14-11(7-13)8-15-6-4-5-12(9-15)16-3/h10-12,14H,4-6,8-9H2,1-3H3. The minimum atomic E-state index is -0.0735. The van der Waals surface area contributed by atoms with Crippen LogP contribution in [0.4, 0.5) is 0 Å². The highest BCUT2D eigenvalue weighted by atomic mass is 16.5. The number of nitrogens with one attached hydrogen (secondary N) is 1. The first-order valence-corrected chi connectivity index (χ1v) is 6.06. The molecule has 0 spiro atoms. The summed E-state index contributed by atoms with van der Waals surface area (Å²) in [6.45, 7) is 6.97. The minimum absolute atomic E-state index is 0.0735. The van der Waals surface area contributed by atoms with Gasteiger partial charge in [-0.25, -0.2) is 0 Å². The van der Waals surface area contributed by atoms with Crippen LogP contribution in [-0.4, -0.2) is 49.8 Å². The van der Waals surface area contributed by atoms with Gasteiger partial charge in [-0.15, -0.1) is 0 Å². The van der Waals surface area contributed by atoms with E-state index in [1.165, 1.54) is 6.42 Å². The van der Waals surface area contributed by atoms with Crippen molar-refractivity contribution in [2.45, 2.75) is 44.9 Å². The molecule has 0 aliphatic carbocycles. The van der Waals surface area contributed by atoms with Crippen molar-refractivity contribution >= 4 is 0 Å².